The van der Waals surface area contributed by atoms with Crippen LogP contribution in [0.25, 0.3) is 0 Å². The van der Waals surface area contributed by atoms with Crippen molar-refractivity contribution in [2.45, 2.75) is 53.5 Å². The van der Waals surface area contributed by atoms with Gasteiger partial charge in [-0.1, -0.05) is 39.3 Å². The van der Waals surface area contributed by atoms with Crippen LogP contribution in [0, 0.1) is 18.3 Å². The van der Waals surface area contributed by atoms with E-state index in [0.717, 1.165) is 36.2 Å². The first kappa shape index (κ1) is 16.5. The second-order valence-corrected chi connectivity index (χ2v) is 5.95. The zero-order chi connectivity index (χ0) is 15.3. The molecule has 1 aromatic carbocycles. The molecule has 3 nitrogen and oxygen atoms in total. The van der Waals surface area contributed by atoms with E-state index in [2.05, 4.69) is 44.7 Å². The predicted molar refractivity (Wildman–Crippen MR) is 88.7 cm³/mol. The second-order valence-electron chi connectivity index (χ2n) is 5.95. The number of rotatable bonds is 7. The van der Waals surface area contributed by atoms with Crippen LogP contribution < -0.4 is 10.6 Å². The molecule has 0 aliphatic heterocycles. The van der Waals surface area contributed by atoms with Gasteiger partial charge in [-0.15, -0.1) is 0 Å². The Morgan fingerprint density at radius 1 is 1.25 bits per heavy atom. The molecule has 0 spiro atoms. The third-order valence-corrected chi connectivity index (χ3v) is 3.70. The summed E-state index contributed by atoms with van der Waals surface area (Å²) < 4.78 is 0. The molecule has 0 aliphatic rings. The minimum Gasteiger partial charge on any atom is -0.384 e. The largest absolute Gasteiger partial charge is 0.384 e. The summed E-state index contributed by atoms with van der Waals surface area (Å²) in [6, 6.07) is 6.75. The molecule has 0 saturated heterocycles. The molecule has 0 fully saturated rings. The normalized spacial score (nSPS) is 11.2. The van der Waals surface area contributed by atoms with Crippen LogP contribution >= 0.6 is 0 Å². The standard InChI is InChI=1S/C17H29N3/c1-6-14(7-2)20(11-12(3)4)16-9-8-13(5)10-15(16)17(18)19/h8-10,12,14H,6-7,11H2,1-5H3,(H3,18,19). The van der Waals surface area contributed by atoms with Gasteiger partial charge in [0.2, 0.25) is 0 Å². The lowest BCUT2D eigenvalue weighted by Crippen LogP contribution is -2.38. The third kappa shape index (κ3) is 3.99. The van der Waals surface area contributed by atoms with E-state index in [1.54, 1.807) is 0 Å². The van der Waals surface area contributed by atoms with Crippen LogP contribution in [0.2, 0.25) is 0 Å². The third-order valence-electron chi connectivity index (χ3n) is 3.70. The fourth-order valence-electron chi connectivity index (χ4n) is 2.68. The number of nitrogens with two attached hydrogens (primary N) is 1. The van der Waals surface area contributed by atoms with Gasteiger partial charge >= 0.3 is 0 Å². The van der Waals surface area contributed by atoms with E-state index < -0.39 is 0 Å². The molecule has 0 atom stereocenters. The monoisotopic (exact) mass is 275 g/mol. The number of nitrogens with one attached hydrogen (secondary N) is 1. The van der Waals surface area contributed by atoms with Crippen molar-refractivity contribution in [3.8, 4) is 0 Å². The Balaban J connectivity index is 3.28. The van der Waals surface area contributed by atoms with Gasteiger partial charge in [-0.3, -0.25) is 5.41 Å². The Hall–Kier alpha value is -1.51. The molecule has 0 bridgehead atoms. The average molecular weight is 275 g/mol. The molecule has 0 radical (unpaired) electrons. The molecule has 112 valence electrons. The maximum Gasteiger partial charge on any atom is 0.124 e. The summed E-state index contributed by atoms with van der Waals surface area (Å²) in [6.07, 6.45) is 2.21. The Bertz CT molecular complexity index is 448. The van der Waals surface area contributed by atoms with E-state index in [1.165, 1.54) is 0 Å². The highest BCUT2D eigenvalue weighted by molar-refractivity contribution is 6.00. The number of hydrogen-bond acceptors (Lipinski definition) is 2. The van der Waals surface area contributed by atoms with Crippen LogP contribution in [0.4, 0.5) is 5.69 Å². The Labute approximate surface area is 123 Å². The summed E-state index contributed by atoms with van der Waals surface area (Å²) >= 11 is 0. The van der Waals surface area contributed by atoms with E-state index in [0.29, 0.717) is 12.0 Å². The van der Waals surface area contributed by atoms with Gasteiger partial charge in [0.15, 0.2) is 0 Å². The van der Waals surface area contributed by atoms with Crippen molar-refractivity contribution in [2.24, 2.45) is 11.7 Å². The molecule has 0 unspecified atom stereocenters. The first-order valence-corrected chi connectivity index (χ1v) is 7.62. The summed E-state index contributed by atoms with van der Waals surface area (Å²) in [7, 11) is 0. The number of hydrogen-bond donors (Lipinski definition) is 2. The highest BCUT2D eigenvalue weighted by atomic mass is 15.2. The maximum absolute atomic E-state index is 7.85. The predicted octanol–water partition coefficient (Wildman–Crippen LogP) is 3.93. The molecule has 1 rings (SSSR count). The molecule has 0 amide bonds. The van der Waals surface area contributed by atoms with Gasteiger partial charge in [0.05, 0.1) is 0 Å². The lowest BCUT2D eigenvalue weighted by molar-refractivity contribution is 0.507. The van der Waals surface area contributed by atoms with Crippen molar-refractivity contribution in [2.75, 3.05) is 11.4 Å². The SMILES string of the molecule is CCC(CC)N(CC(C)C)c1ccc(C)cc1C(=N)N. The van der Waals surface area contributed by atoms with Crippen LogP contribution in [-0.4, -0.2) is 18.4 Å². The first-order chi connectivity index (χ1) is 9.40. The van der Waals surface area contributed by atoms with Crippen molar-refractivity contribution in [1.82, 2.24) is 0 Å². The highest BCUT2D eigenvalue weighted by Crippen LogP contribution is 2.27. The van der Waals surface area contributed by atoms with Gasteiger partial charge in [-0.25, -0.2) is 0 Å². The Morgan fingerprint density at radius 2 is 1.85 bits per heavy atom. The molecule has 0 saturated carbocycles. The van der Waals surface area contributed by atoms with Gasteiger partial charge in [-0.2, -0.15) is 0 Å². The number of anilines is 1. The van der Waals surface area contributed by atoms with Gasteiger partial charge in [0.25, 0.3) is 0 Å². The molecule has 3 heteroatoms. The van der Waals surface area contributed by atoms with Crippen LogP contribution in [0.5, 0.6) is 0 Å². The molecule has 0 aromatic heterocycles. The smallest absolute Gasteiger partial charge is 0.124 e. The van der Waals surface area contributed by atoms with Crippen molar-refractivity contribution < 1.29 is 0 Å². The molecule has 1 aromatic rings. The van der Waals surface area contributed by atoms with Crippen LogP contribution in [0.3, 0.4) is 0 Å². The topological polar surface area (TPSA) is 53.1 Å². The summed E-state index contributed by atoms with van der Waals surface area (Å²) in [5, 5.41) is 7.85. The van der Waals surface area contributed by atoms with Crippen LogP contribution in [-0.2, 0) is 0 Å². The maximum atomic E-state index is 7.85. The quantitative estimate of drug-likeness (QED) is 0.585. The Morgan fingerprint density at radius 3 is 2.30 bits per heavy atom. The summed E-state index contributed by atoms with van der Waals surface area (Å²) in [6.45, 7) is 12.0. The van der Waals surface area contributed by atoms with Gasteiger partial charge < -0.3 is 10.6 Å². The summed E-state index contributed by atoms with van der Waals surface area (Å²) in [5.74, 6) is 0.736. The van der Waals surface area contributed by atoms with Gasteiger partial charge in [0, 0.05) is 23.8 Å². The van der Waals surface area contributed by atoms with E-state index >= 15 is 0 Å². The average Bonchev–Trinajstić information content (AvgIpc) is 2.38. The van der Waals surface area contributed by atoms with Gasteiger partial charge in [-0.05, 0) is 37.8 Å². The van der Waals surface area contributed by atoms with Crippen molar-refractivity contribution in [3.63, 3.8) is 0 Å². The molecule has 0 aliphatic carbocycles. The van der Waals surface area contributed by atoms with Crippen LogP contribution in [0.1, 0.15) is 51.7 Å². The van der Waals surface area contributed by atoms with E-state index in [1.807, 2.05) is 13.0 Å². The zero-order valence-corrected chi connectivity index (χ0v) is 13.5. The fraction of sp³-hybridized carbons (Fsp3) is 0.588. The number of nitrogens with zero attached hydrogens (tertiary/aromatic N) is 1. The van der Waals surface area contributed by atoms with E-state index in [9.17, 15) is 0 Å². The molecule has 3 N–H and O–H groups in total. The number of benzene rings is 1. The summed E-state index contributed by atoms with van der Waals surface area (Å²) in [5.41, 5.74) is 8.90. The van der Waals surface area contributed by atoms with Crippen molar-refractivity contribution in [3.05, 3.63) is 29.3 Å². The van der Waals surface area contributed by atoms with E-state index in [-0.39, 0.29) is 5.84 Å². The fourth-order valence-corrected chi connectivity index (χ4v) is 2.68. The number of aryl methyl sites for hydroxylation is 1. The molecule has 20 heavy (non-hydrogen) atoms. The van der Waals surface area contributed by atoms with Gasteiger partial charge in [0.1, 0.15) is 5.84 Å². The lowest BCUT2D eigenvalue weighted by atomic mass is 10.0. The molecular weight excluding hydrogens is 246 g/mol. The zero-order valence-electron chi connectivity index (χ0n) is 13.5. The first-order valence-electron chi connectivity index (χ1n) is 7.62. The minimum atomic E-state index is 0.156. The summed E-state index contributed by atoms with van der Waals surface area (Å²) in [4.78, 5) is 2.43. The van der Waals surface area contributed by atoms with Crippen molar-refractivity contribution in [1.29, 1.82) is 5.41 Å². The molecular formula is C17H29N3. The van der Waals surface area contributed by atoms with Crippen LogP contribution in [0.15, 0.2) is 18.2 Å². The minimum absolute atomic E-state index is 0.156. The van der Waals surface area contributed by atoms with Crippen molar-refractivity contribution >= 4 is 11.5 Å². The number of amidine groups is 1. The molecule has 0 heterocycles. The Kier molecular flexibility index (Phi) is 6.05. The van der Waals surface area contributed by atoms with E-state index in [4.69, 9.17) is 11.1 Å². The second kappa shape index (κ2) is 7.32. The lowest BCUT2D eigenvalue weighted by Gasteiger charge is -2.35. The highest BCUT2D eigenvalue weighted by Gasteiger charge is 2.20. The number of nitrogen functional groups attached to an aromatic ring is 1.